The highest BCUT2D eigenvalue weighted by atomic mass is 16.6. The van der Waals surface area contributed by atoms with E-state index < -0.39 is 12.1 Å². The molecule has 5 bridgehead atoms. The Labute approximate surface area is 223 Å². The van der Waals surface area contributed by atoms with Crippen LogP contribution in [0.4, 0.5) is 5.69 Å². The maximum absolute atomic E-state index is 13.7. The Balaban J connectivity index is 1.27. The van der Waals surface area contributed by atoms with Gasteiger partial charge >= 0.3 is 5.97 Å². The molecule has 2 aromatic rings. The quantitative estimate of drug-likeness (QED) is 0.581. The molecule has 0 aromatic heterocycles. The van der Waals surface area contributed by atoms with E-state index in [2.05, 4.69) is 48.0 Å². The lowest BCUT2D eigenvalue weighted by atomic mass is 9.62. The number of nitrogens with zero attached hydrogens (tertiary/aromatic N) is 2. The van der Waals surface area contributed by atoms with Gasteiger partial charge in [-0.05, 0) is 48.9 Å². The second-order valence-corrected chi connectivity index (χ2v) is 11.6. The van der Waals surface area contributed by atoms with E-state index in [-0.39, 0.29) is 41.6 Å². The summed E-state index contributed by atoms with van der Waals surface area (Å²) >= 11 is 0. The first-order valence-corrected chi connectivity index (χ1v) is 13.7. The van der Waals surface area contributed by atoms with Crippen molar-refractivity contribution in [2.24, 2.45) is 17.8 Å². The van der Waals surface area contributed by atoms with Crippen molar-refractivity contribution in [3.8, 4) is 17.2 Å². The highest BCUT2D eigenvalue weighted by Crippen LogP contribution is 2.69. The average Bonchev–Trinajstić information content (AvgIpc) is 3.33. The number of hydrogen-bond acceptors (Lipinski definition) is 8. The molecule has 1 N–H and O–H groups in total. The molecule has 1 aliphatic carbocycles. The molecule has 5 aliphatic heterocycles. The molecule has 2 unspecified atom stereocenters. The third-order valence-corrected chi connectivity index (χ3v) is 10.6. The Hall–Kier alpha value is -2.97. The standard InChI is InChI=1S/C30H36N2O6/c1-6-16-17-13-20-26-30(18-9-7-8-10-19(18)31(26)2)14-21(24(17)27(30)33)32(20)28(16)38-29(34)15-11-22(35-3)25(37-5)23(12-15)36-4/h7-12,16-17,20-21,24,26-28,33H,6,13-14H2,1-5H3/t16-,17-,20-,21-,24-,26?,27-,28+,30+/m0/s1. The number of aliphatic hydroxyl groups excluding tert-OH is 1. The molecule has 5 fully saturated rings. The number of anilines is 1. The Morgan fingerprint density at radius 2 is 1.79 bits per heavy atom. The number of ether oxygens (including phenoxy) is 4. The van der Waals surface area contributed by atoms with E-state index in [1.807, 2.05) is 0 Å². The van der Waals surface area contributed by atoms with Crippen LogP contribution in [0.3, 0.4) is 0 Å². The number of piperidine rings is 4. The summed E-state index contributed by atoms with van der Waals surface area (Å²) in [6.45, 7) is 2.17. The van der Waals surface area contributed by atoms with Gasteiger partial charge in [0.05, 0.1) is 39.0 Å². The molecular formula is C30H36N2O6. The second-order valence-electron chi connectivity index (χ2n) is 11.6. The molecule has 4 saturated heterocycles. The summed E-state index contributed by atoms with van der Waals surface area (Å²) in [6, 6.07) is 12.5. The highest BCUT2D eigenvalue weighted by molar-refractivity contribution is 5.91. The third-order valence-electron chi connectivity index (χ3n) is 10.6. The van der Waals surface area contributed by atoms with Gasteiger partial charge in [0.25, 0.3) is 0 Å². The minimum absolute atomic E-state index is 0.154. The molecule has 5 heterocycles. The summed E-state index contributed by atoms with van der Waals surface area (Å²) in [5.41, 5.74) is 2.62. The van der Waals surface area contributed by atoms with Gasteiger partial charge in [0, 0.05) is 42.1 Å². The fraction of sp³-hybridized carbons (Fsp3) is 0.567. The normalized spacial score (nSPS) is 39.1. The number of methoxy groups -OCH3 is 3. The molecular weight excluding hydrogens is 484 g/mol. The SMILES string of the molecule is CC[C@H]1[C@@H]2C[C@H]3C4N(C)c5ccccc5[C@]45C[C@@H]([C@H]2[C@@H]5O)N3[C@@H]1OC(=O)c1cc(OC)c(OC)c(OC)c1. The van der Waals surface area contributed by atoms with Crippen LogP contribution in [0.15, 0.2) is 36.4 Å². The van der Waals surface area contributed by atoms with E-state index in [4.69, 9.17) is 18.9 Å². The van der Waals surface area contributed by atoms with Gasteiger partial charge in [-0.3, -0.25) is 4.90 Å². The Kier molecular flexibility index (Phi) is 5.24. The Morgan fingerprint density at radius 1 is 1.08 bits per heavy atom. The number of hydrogen-bond donors (Lipinski definition) is 1. The number of para-hydroxylation sites is 1. The number of likely N-dealkylation sites (N-methyl/N-ethyl adjacent to an activating group) is 1. The number of fused-ring (bicyclic) bond motifs is 2. The molecule has 6 aliphatic rings. The average molecular weight is 521 g/mol. The van der Waals surface area contributed by atoms with Crippen LogP contribution in [0.2, 0.25) is 0 Å². The minimum Gasteiger partial charge on any atom is -0.493 e. The van der Waals surface area contributed by atoms with Gasteiger partial charge < -0.3 is 29.0 Å². The lowest BCUT2D eigenvalue weighted by molar-refractivity contribution is -0.211. The molecule has 8 rings (SSSR count). The van der Waals surface area contributed by atoms with E-state index in [0.717, 1.165) is 19.3 Å². The number of esters is 1. The molecule has 38 heavy (non-hydrogen) atoms. The zero-order chi connectivity index (χ0) is 26.5. The highest BCUT2D eigenvalue weighted by Gasteiger charge is 2.76. The van der Waals surface area contributed by atoms with Gasteiger partial charge in [-0.1, -0.05) is 25.1 Å². The molecule has 2 aromatic carbocycles. The van der Waals surface area contributed by atoms with Gasteiger partial charge in [-0.2, -0.15) is 0 Å². The molecule has 10 atom stereocenters. The van der Waals surface area contributed by atoms with Crippen molar-refractivity contribution in [2.75, 3.05) is 33.3 Å². The van der Waals surface area contributed by atoms with Crippen LogP contribution in [0, 0.1) is 17.8 Å². The second kappa shape index (κ2) is 8.26. The van der Waals surface area contributed by atoms with Gasteiger partial charge in [0.1, 0.15) is 0 Å². The lowest BCUT2D eigenvalue weighted by Crippen LogP contribution is -2.73. The first-order valence-electron chi connectivity index (χ1n) is 13.7. The summed E-state index contributed by atoms with van der Waals surface area (Å²) in [6.07, 6.45) is 2.08. The monoisotopic (exact) mass is 520 g/mol. The summed E-state index contributed by atoms with van der Waals surface area (Å²) in [5.74, 6) is 1.56. The maximum atomic E-state index is 13.7. The summed E-state index contributed by atoms with van der Waals surface area (Å²) < 4.78 is 22.8. The topological polar surface area (TPSA) is 80.7 Å². The summed E-state index contributed by atoms with van der Waals surface area (Å²) in [4.78, 5) is 18.5. The van der Waals surface area contributed by atoms with Gasteiger partial charge in [-0.15, -0.1) is 0 Å². The van der Waals surface area contributed by atoms with Crippen molar-refractivity contribution < 1.29 is 28.8 Å². The molecule has 8 nitrogen and oxygen atoms in total. The van der Waals surface area contributed by atoms with E-state index >= 15 is 0 Å². The first-order chi connectivity index (χ1) is 18.4. The van der Waals surface area contributed by atoms with E-state index in [1.165, 1.54) is 25.5 Å². The minimum atomic E-state index is -0.399. The van der Waals surface area contributed by atoms with Crippen molar-refractivity contribution in [2.45, 2.75) is 62.1 Å². The Morgan fingerprint density at radius 3 is 2.45 bits per heavy atom. The molecule has 1 spiro atoms. The van der Waals surface area contributed by atoms with Crippen molar-refractivity contribution in [3.05, 3.63) is 47.5 Å². The van der Waals surface area contributed by atoms with Crippen molar-refractivity contribution in [1.82, 2.24) is 4.90 Å². The molecule has 0 amide bonds. The van der Waals surface area contributed by atoms with Crippen LogP contribution in [0.1, 0.15) is 42.1 Å². The summed E-state index contributed by atoms with van der Waals surface area (Å²) in [7, 11) is 6.78. The molecule has 202 valence electrons. The van der Waals surface area contributed by atoms with Crippen molar-refractivity contribution in [1.29, 1.82) is 0 Å². The van der Waals surface area contributed by atoms with Crippen LogP contribution in [0.25, 0.3) is 0 Å². The van der Waals surface area contributed by atoms with Crippen LogP contribution in [-0.4, -0.2) is 74.8 Å². The predicted octanol–water partition coefficient (Wildman–Crippen LogP) is 3.45. The van der Waals surface area contributed by atoms with Gasteiger partial charge in [0.15, 0.2) is 17.7 Å². The van der Waals surface area contributed by atoms with Crippen LogP contribution >= 0.6 is 0 Å². The predicted molar refractivity (Wildman–Crippen MR) is 141 cm³/mol. The molecule has 0 radical (unpaired) electrons. The lowest BCUT2D eigenvalue weighted by Gasteiger charge is -2.63. The van der Waals surface area contributed by atoms with E-state index in [9.17, 15) is 9.90 Å². The van der Waals surface area contributed by atoms with E-state index in [1.54, 1.807) is 19.2 Å². The number of benzene rings is 2. The largest absolute Gasteiger partial charge is 0.493 e. The van der Waals surface area contributed by atoms with Crippen molar-refractivity contribution >= 4 is 11.7 Å². The Bertz CT molecular complexity index is 1270. The number of aliphatic hydroxyl groups is 1. The third kappa shape index (κ3) is 2.75. The van der Waals surface area contributed by atoms with Crippen molar-refractivity contribution in [3.63, 3.8) is 0 Å². The number of carbonyl (C=O) groups is 1. The first kappa shape index (κ1) is 24.1. The van der Waals surface area contributed by atoms with E-state index in [0.29, 0.717) is 28.7 Å². The van der Waals surface area contributed by atoms with Crippen LogP contribution in [0.5, 0.6) is 17.2 Å². The van der Waals surface area contributed by atoms with Gasteiger partial charge in [0.2, 0.25) is 5.75 Å². The number of carbonyl (C=O) groups excluding carboxylic acids is 1. The maximum Gasteiger partial charge on any atom is 0.339 e. The summed E-state index contributed by atoms with van der Waals surface area (Å²) in [5, 5.41) is 12.1. The molecule has 1 saturated carbocycles. The zero-order valence-corrected chi connectivity index (χ0v) is 22.6. The smallest absolute Gasteiger partial charge is 0.339 e. The van der Waals surface area contributed by atoms with Gasteiger partial charge in [-0.25, -0.2) is 4.79 Å². The zero-order valence-electron chi connectivity index (χ0n) is 22.6. The fourth-order valence-electron chi connectivity index (χ4n) is 9.37. The van der Waals surface area contributed by atoms with Crippen LogP contribution in [-0.2, 0) is 10.2 Å². The van der Waals surface area contributed by atoms with Crippen LogP contribution < -0.4 is 19.1 Å². The number of rotatable bonds is 6. The molecule has 8 heteroatoms. The fourth-order valence-corrected chi connectivity index (χ4v) is 9.37.